The van der Waals surface area contributed by atoms with E-state index in [1.165, 1.54) is 0 Å². The molecule has 0 amide bonds. The van der Waals surface area contributed by atoms with E-state index in [1.54, 1.807) is 19.1 Å². The van der Waals surface area contributed by atoms with Crippen molar-refractivity contribution in [1.29, 1.82) is 0 Å². The molecule has 116 valence electrons. The lowest BCUT2D eigenvalue weighted by Crippen LogP contribution is -2.20. The summed E-state index contributed by atoms with van der Waals surface area (Å²) >= 11 is 1.61. The molecule has 0 aliphatic carbocycles. The van der Waals surface area contributed by atoms with Gasteiger partial charge in [-0.05, 0) is 24.3 Å². The minimum absolute atomic E-state index is 0.0688. The second-order valence-electron chi connectivity index (χ2n) is 5.16. The number of methoxy groups -OCH3 is 1. The Hall–Kier alpha value is -2.60. The Morgan fingerprint density at radius 1 is 1.13 bits per heavy atom. The minimum atomic E-state index is 0.0688. The summed E-state index contributed by atoms with van der Waals surface area (Å²) in [6.45, 7) is 0. The number of nitrogens with zero attached hydrogens (tertiary/aromatic N) is 2. The van der Waals surface area contributed by atoms with Crippen molar-refractivity contribution in [2.24, 2.45) is 0 Å². The molecule has 0 saturated carbocycles. The van der Waals surface area contributed by atoms with Crippen molar-refractivity contribution in [3.8, 4) is 17.0 Å². The number of aromatic nitrogens is 2. The molecule has 6 heteroatoms. The topological polar surface area (TPSA) is 51.1 Å². The molecule has 2 heterocycles. The van der Waals surface area contributed by atoms with Gasteiger partial charge in [-0.1, -0.05) is 30.3 Å². The number of anilines is 2. The van der Waals surface area contributed by atoms with Crippen LogP contribution in [0.2, 0.25) is 0 Å². The monoisotopic (exact) mass is 324 g/mol. The fourth-order valence-electron chi connectivity index (χ4n) is 2.47. The van der Waals surface area contributed by atoms with Crippen molar-refractivity contribution in [2.75, 3.05) is 17.7 Å². The van der Waals surface area contributed by atoms with Crippen molar-refractivity contribution in [2.45, 2.75) is 5.50 Å². The van der Waals surface area contributed by atoms with Gasteiger partial charge in [0, 0.05) is 29.3 Å². The van der Waals surface area contributed by atoms with Crippen LogP contribution in [0.4, 0.5) is 11.5 Å². The van der Waals surface area contributed by atoms with Gasteiger partial charge in [0.15, 0.2) is 5.50 Å². The van der Waals surface area contributed by atoms with Gasteiger partial charge in [-0.2, -0.15) is 9.19 Å². The standard InChI is InChI=1S/C17H16N4OS/c1-22-14-9-5-6-12(10-14)15-11-16-19-17(23-21(16)20-15)18-13-7-3-2-4-8-13/h2-11,17-19H,1H3/t17-/m1/s1. The zero-order valence-electron chi connectivity index (χ0n) is 12.6. The van der Waals surface area contributed by atoms with Crippen LogP contribution in [0, 0.1) is 0 Å². The van der Waals surface area contributed by atoms with Gasteiger partial charge in [0.05, 0.1) is 12.8 Å². The molecule has 5 nitrogen and oxygen atoms in total. The SMILES string of the molecule is COc1cccc(-c2cc3n(n2)S[C@H](Nc2ccccc2)N3)c1. The van der Waals surface area contributed by atoms with E-state index in [4.69, 9.17) is 4.74 Å². The maximum Gasteiger partial charge on any atom is 0.168 e. The number of nitrogens with one attached hydrogen (secondary N) is 2. The van der Waals surface area contributed by atoms with Crippen molar-refractivity contribution < 1.29 is 4.74 Å². The number of para-hydroxylation sites is 1. The third-order valence-corrected chi connectivity index (χ3v) is 4.52. The van der Waals surface area contributed by atoms with Crippen LogP contribution < -0.4 is 15.4 Å². The largest absolute Gasteiger partial charge is 0.497 e. The molecular formula is C17H16N4OS. The van der Waals surface area contributed by atoms with Gasteiger partial charge in [0.2, 0.25) is 0 Å². The molecule has 0 spiro atoms. The van der Waals surface area contributed by atoms with Gasteiger partial charge in [-0.25, -0.2) is 0 Å². The highest BCUT2D eigenvalue weighted by molar-refractivity contribution is 7.98. The fourth-order valence-corrected chi connectivity index (χ4v) is 3.39. The maximum absolute atomic E-state index is 5.27. The van der Waals surface area contributed by atoms with Crippen molar-refractivity contribution in [3.63, 3.8) is 0 Å². The molecule has 1 aliphatic rings. The van der Waals surface area contributed by atoms with Crippen molar-refractivity contribution >= 4 is 23.5 Å². The van der Waals surface area contributed by atoms with E-state index in [9.17, 15) is 0 Å². The second kappa shape index (κ2) is 5.89. The predicted molar refractivity (Wildman–Crippen MR) is 94.7 cm³/mol. The lowest BCUT2D eigenvalue weighted by atomic mass is 10.1. The Morgan fingerprint density at radius 3 is 2.78 bits per heavy atom. The first-order chi connectivity index (χ1) is 11.3. The van der Waals surface area contributed by atoms with Gasteiger partial charge < -0.3 is 15.4 Å². The number of ether oxygens (including phenoxy) is 1. The second-order valence-corrected chi connectivity index (χ2v) is 6.19. The summed E-state index contributed by atoms with van der Waals surface area (Å²) in [6, 6.07) is 20.1. The van der Waals surface area contributed by atoms with Crippen LogP contribution in [0.3, 0.4) is 0 Å². The Morgan fingerprint density at radius 2 is 2.00 bits per heavy atom. The Balaban J connectivity index is 1.50. The molecule has 0 saturated heterocycles. The summed E-state index contributed by atoms with van der Waals surface area (Å²) in [5.41, 5.74) is 3.12. The zero-order valence-corrected chi connectivity index (χ0v) is 13.4. The molecule has 1 aromatic heterocycles. The molecule has 0 unspecified atom stereocenters. The molecule has 4 rings (SSSR count). The van der Waals surface area contributed by atoms with E-state index >= 15 is 0 Å². The molecule has 0 fully saturated rings. The Kier molecular flexibility index (Phi) is 3.59. The quantitative estimate of drug-likeness (QED) is 0.763. The molecular weight excluding hydrogens is 308 g/mol. The van der Waals surface area contributed by atoms with Gasteiger partial charge in [-0.15, -0.1) is 0 Å². The molecule has 23 heavy (non-hydrogen) atoms. The highest BCUT2D eigenvalue weighted by Crippen LogP contribution is 2.34. The number of benzene rings is 2. The smallest absolute Gasteiger partial charge is 0.168 e. The summed E-state index contributed by atoms with van der Waals surface area (Å²) in [5.74, 6) is 1.82. The van der Waals surface area contributed by atoms with Crippen molar-refractivity contribution in [3.05, 3.63) is 60.7 Å². The first kappa shape index (κ1) is 14.0. The lowest BCUT2D eigenvalue weighted by molar-refractivity contribution is 0.415. The average molecular weight is 324 g/mol. The summed E-state index contributed by atoms with van der Waals surface area (Å²) in [6.07, 6.45) is 0. The number of hydrogen-bond acceptors (Lipinski definition) is 5. The first-order valence-corrected chi connectivity index (χ1v) is 8.15. The van der Waals surface area contributed by atoms with Crippen molar-refractivity contribution in [1.82, 2.24) is 9.19 Å². The number of hydrogen-bond donors (Lipinski definition) is 2. The van der Waals surface area contributed by atoms with Crippen LogP contribution in [0.5, 0.6) is 5.75 Å². The third kappa shape index (κ3) is 2.85. The van der Waals surface area contributed by atoms with E-state index in [0.717, 1.165) is 28.5 Å². The fraction of sp³-hybridized carbons (Fsp3) is 0.118. The highest BCUT2D eigenvalue weighted by atomic mass is 32.2. The normalized spacial score (nSPS) is 15.8. The lowest BCUT2D eigenvalue weighted by Gasteiger charge is -2.12. The molecule has 1 aliphatic heterocycles. The Labute approximate surface area is 138 Å². The summed E-state index contributed by atoms with van der Waals surface area (Å²) in [4.78, 5) is 0. The van der Waals surface area contributed by atoms with Crippen LogP contribution in [0.25, 0.3) is 11.3 Å². The number of fused-ring (bicyclic) bond motifs is 1. The first-order valence-electron chi connectivity index (χ1n) is 7.31. The van der Waals surface area contributed by atoms with Crippen LogP contribution in [0.1, 0.15) is 0 Å². The molecule has 3 aromatic rings. The predicted octanol–water partition coefficient (Wildman–Crippen LogP) is 3.88. The Bertz CT molecular complexity index is 795. The van der Waals surface area contributed by atoms with Gasteiger partial charge in [-0.3, -0.25) is 0 Å². The van der Waals surface area contributed by atoms with Gasteiger partial charge in [0.1, 0.15) is 11.6 Å². The molecule has 2 N–H and O–H groups in total. The van der Waals surface area contributed by atoms with Crippen LogP contribution in [-0.4, -0.2) is 21.8 Å². The van der Waals surface area contributed by atoms with E-state index in [0.29, 0.717) is 0 Å². The third-order valence-electron chi connectivity index (χ3n) is 3.60. The summed E-state index contributed by atoms with van der Waals surface area (Å²) in [5, 5.41) is 11.5. The average Bonchev–Trinajstić information content (AvgIpc) is 3.14. The molecule has 0 radical (unpaired) electrons. The molecule has 0 bridgehead atoms. The minimum Gasteiger partial charge on any atom is -0.497 e. The van der Waals surface area contributed by atoms with Gasteiger partial charge >= 0.3 is 0 Å². The van der Waals surface area contributed by atoms with E-state index < -0.39 is 0 Å². The molecule has 1 atom stereocenters. The van der Waals surface area contributed by atoms with E-state index in [-0.39, 0.29) is 5.50 Å². The highest BCUT2D eigenvalue weighted by Gasteiger charge is 2.24. The van der Waals surface area contributed by atoms with Crippen LogP contribution >= 0.6 is 11.9 Å². The van der Waals surface area contributed by atoms with Crippen LogP contribution in [0.15, 0.2) is 60.7 Å². The zero-order chi connectivity index (χ0) is 15.6. The van der Waals surface area contributed by atoms with E-state index in [1.807, 2.05) is 58.7 Å². The van der Waals surface area contributed by atoms with Gasteiger partial charge in [0.25, 0.3) is 0 Å². The summed E-state index contributed by atoms with van der Waals surface area (Å²) < 4.78 is 7.18. The maximum atomic E-state index is 5.27. The number of rotatable bonds is 4. The summed E-state index contributed by atoms with van der Waals surface area (Å²) in [7, 11) is 1.67. The van der Waals surface area contributed by atoms with Crippen LogP contribution in [-0.2, 0) is 0 Å². The molecule has 2 aromatic carbocycles. The van der Waals surface area contributed by atoms with E-state index in [2.05, 4.69) is 21.8 Å².